The fourth-order valence-corrected chi connectivity index (χ4v) is 6.06. The first-order valence-corrected chi connectivity index (χ1v) is 10.3. The van der Waals surface area contributed by atoms with Crippen LogP contribution in [0, 0.1) is 30.8 Å². The zero-order chi connectivity index (χ0) is 18.6. The Bertz CT molecular complexity index is 842. The van der Waals surface area contributed by atoms with Gasteiger partial charge in [0.2, 0.25) is 0 Å². The number of halogens is 2. The van der Waals surface area contributed by atoms with Gasteiger partial charge in [-0.2, -0.15) is 10.1 Å². The first-order valence-electron chi connectivity index (χ1n) is 8.14. The molecule has 1 saturated carbocycles. The van der Waals surface area contributed by atoms with Crippen molar-refractivity contribution in [2.24, 2.45) is 28.8 Å². The number of hydrogen-bond donors (Lipinski definition) is 0. The molecule has 0 spiro atoms. The van der Waals surface area contributed by atoms with E-state index in [0.717, 1.165) is 24.1 Å². The molecule has 6 nitrogen and oxygen atoms in total. The van der Waals surface area contributed by atoms with Gasteiger partial charge in [0.25, 0.3) is 11.8 Å². The highest BCUT2D eigenvalue weighted by molar-refractivity contribution is 14.1. The second-order valence-corrected chi connectivity index (χ2v) is 8.96. The number of carbonyl (C=O) groups excluding carboxylic acids is 3. The molecule has 0 aromatic heterocycles. The minimum atomic E-state index is -0.384. The summed E-state index contributed by atoms with van der Waals surface area (Å²) < 4.78 is 6.71. The standard InChI is InChI=1S/C18H14I2N2O4/c1-8(23)26-16-12(19)4-9(5-13(16)20)7-21-22-17(24)14-10-2-3-11(6-10)15(14)18(22)25/h2-5,7,10-11,14-15H,6H2,1H3/t10-,11-,14-,15+/m0/s1. The zero-order valence-electron chi connectivity index (χ0n) is 13.7. The minimum Gasteiger partial charge on any atom is -0.424 e. The fourth-order valence-electron chi connectivity index (χ4n) is 4.02. The van der Waals surface area contributed by atoms with Gasteiger partial charge in [0.15, 0.2) is 5.75 Å². The van der Waals surface area contributed by atoms with Crippen LogP contribution in [0.4, 0.5) is 0 Å². The molecule has 4 atom stereocenters. The number of hydrogen-bond acceptors (Lipinski definition) is 5. The van der Waals surface area contributed by atoms with Gasteiger partial charge in [-0.3, -0.25) is 14.4 Å². The molecule has 26 heavy (non-hydrogen) atoms. The van der Waals surface area contributed by atoms with E-state index in [4.69, 9.17) is 4.74 Å². The summed E-state index contributed by atoms with van der Waals surface area (Å²) in [5.74, 6) is -0.435. The predicted octanol–water partition coefficient (Wildman–Crippen LogP) is 2.96. The molecule has 0 N–H and O–H groups in total. The van der Waals surface area contributed by atoms with E-state index in [2.05, 4.69) is 62.4 Å². The first kappa shape index (κ1) is 18.1. The number of carbonyl (C=O) groups is 3. The van der Waals surface area contributed by atoms with E-state index in [1.807, 2.05) is 0 Å². The van der Waals surface area contributed by atoms with E-state index in [0.29, 0.717) is 5.75 Å². The second-order valence-electron chi connectivity index (χ2n) is 6.64. The largest absolute Gasteiger partial charge is 0.424 e. The number of amides is 2. The highest BCUT2D eigenvalue weighted by atomic mass is 127. The number of fused-ring (bicyclic) bond motifs is 5. The van der Waals surface area contributed by atoms with Gasteiger partial charge in [-0.25, -0.2) is 0 Å². The van der Waals surface area contributed by atoms with Crippen LogP contribution in [0.2, 0.25) is 0 Å². The second kappa shape index (κ2) is 6.70. The highest BCUT2D eigenvalue weighted by Crippen LogP contribution is 2.52. The SMILES string of the molecule is CC(=O)Oc1c(I)cc(C=NN2C(=O)[C@@H]3[C@H](C2=O)[C@H]2C=C[C@H]3C2)cc1I. The van der Waals surface area contributed by atoms with Gasteiger partial charge in [0.05, 0.1) is 25.2 Å². The Labute approximate surface area is 177 Å². The summed E-state index contributed by atoms with van der Waals surface area (Å²) in [5, 5.41) is 5.20. The molecular formula is C18H14I2N2O4. The van der Waals surface area contributed by atoms with Gasteiger partial charge >= 0.3 is 5.97 Å². The molecule has 2 bridgehead atoms. The molecule has 1 aliphatic heterocycles. The molecule has 0 radical (unpaired) electrons. The monoisotopic (exact) mass is 576 g/mol. The molecular weight excluding hydrogens is 562 g/mol. The molecule has 1 aromatic carbocycles. The van der Waals surface area contributed by atoms with Crippen LogP contribution in [0.5, 0.6) is 5.75 Å². The van der Waals surface area contributed by atoms with Gasteiger partial charge in [-0.15, -0.1) is 0 Å². The lowest BCUT2D eigenvalue weighted by Crippen LogP contribution is -2.28. The maximum absolute atomic E-state index is 12.6. The summed E-state index contributed by atoms with van der Waals surface area (Å²) in [6.07, 6.45) is 6.53. The van der Waals surface area contributed by atoms with E-state index < -0.39 is 0 Å². The molecule has 134 valence electrons. The number of ether oxygens (including phenoxy) is 1. The Kier molecular flexibility index (Phi) is 4.66. The molecule has 1 saturated heterocycles. The summed E-state index contributed by atoms with van der Waals surface area (Å²) >= 11 is 4.15. The molecule has 8 heteroatoms. The van der Waals surface area contributed by atoms with Gasteiger partial charge in [0, 0.05) is 6.92 Å². The lowest BCUT2D eigenvalue weighted by Gasteiger charge is -2.13. The molecule has 4 rings (SSSR count). The third-order valence-corrected chi connectivity index (χ3v) is 6.64. The number of esters is 1. The van der Waals surface area contributed by atoms with E-state index in [9.17, 15) is 14.4 Å². The lowest BCUT2D eigenvalue weighted by molar-refractivity contribution is -0.140. The maximum Gasteiger partial charge on any atom is 0.308 e. The van der Waals surface area contributed by atoms with E-state index in [1.54, 1.807) is 12.1 Å². The summed E-state index contributed by atoms with van der Waals surface area (Å²) in [4.78, 5) is 36.4. The van der Waals surface area contributed by atoms with Crippen molar-refractivity contribution in [3.8, 4) is 5.75 Å². The average molecular weight is 576 g/mol. The Morgan fingerprint density at radius 3 is 2.19 bits per heavy atom. The summed E-state index contributed by atoms with van der Waals surface area (Å²) in [6.45, 7) is 1.35. The third-order valence-electron chi connectivity index (χ3n) is 5.04. The summed E-state index contributed by atoms with van der Waals surface area (Å²) in [5.41, 5.74) is 0.730. The van der Waals surface area contributed by atoms with Crippen molar-refractivity contribution in [2.75, 3.05) is 0 Å². The van der Waals surface area contributed by atoms with Gasteiger partial charge in [-0.1, -0.05) is 12.2 Å². The van der Waals surface area contributed by atoms with Crippen LogP contribution in [-0.4, -0.2) is 29.0 Å². The summed E-state index contributed by atoms with van der Waals surface area (Å²) in [6, 6.07) is 3.59. The molecule has 2 fully saturated rings. The summed E-state index contributed by atoms with van der Waals surface area (Å²) in [7, 11) is 0. The Morgan fingerprint density at radius 2 is 1.69 bits per heavy atom. The zero-order valence-corrected chi connectivity index (χ0v) is 18.0. The number of nitrogens with zero attached hydrogens (tertiary/aromatic N) is 2. The van der Waals surface area contributed by atoms with Crippen molar-refractivity contribution in [3.05, 3.63) is 37.0 Å². The Hall–Kier alpha value is -1.30. The van der Waals surface area contributed by atoms with Crippen molar-refractivity contribution in [3.63, 3.8) is 0 Å². The molecule has 3 aliphatic rings. The lowest BCUT2D eigenvalue weighted by atomic mass is 9.85. The van der Waals surface area contributed by atoms with Gasteiger partial charge < -0.3 is 4.74 Å². The predicted molar refractivity (Wildman–Crippen MR) is 110 cm³/mol. The highest BCUT2D eigenvalue weighted by Gasteiger charge is 2.59. The van der Waals surface area contributed by atoms with Gasteiger partial charge in [-0.05, 0) is 81.1 Å². The molecule has 2 aliphatic carbocycles. The quantitative estimate of drug-likeness (QED) is 0.139. The van der Waals surface area contributed by atoms with Crippen molar-refractivity contribution < 1.29 is 19.1 Å². The van der Waals surface area contributed by atoms with Crippen molar-refractivity contribution in [1.82, 2.24) is 5.01 Å². The van der Waals surface area contributed by atoms with Crippen LogP contribution in [0.1, 0.15) is 18.9 Å². The number of hydrazone groups is 1. The maximum atomic E-state index is 12.6. The van der Waals surface area contributed by atoms with Crippen LogP contribution < -0.4 is 4.74 Å². The van der Waals surface area contributed by atoms with Gasteiger partial charge in [0.1, 0.15) is 0 Å². The van der Waals surface area contributed by atoms with Crippen LogP contribution in [0.3, 0.4) is 0 Å². The normalized spacial score (nSPS) is 29.1. The molecule has 0 unspecified atom stereocenters. The van der Waals surface area contributed by atoms with Crippen LogP contribution >= 0.6 is 45.2 Å². The van der Waals surface area contributed by atoms with E-state index >= 15 is 0 Å². The number of rotatable bonds is 3. The fraction of sp³-hybridized carbons (Fsp3) is 0.333. The third kappa shape index (κ3) is 2.90. The first-order chi connectivity index (χ1) is 12.4. The molecule has 2 amide bonds. The topological polar surface area (TPSA) is 76.0 Å². The average Bonchev–Trinajstić information content (AvgIpc) is 3.24. The van der Waals surface area contributed by atoms with E-state index in [1.165, 1.54) is 13.1 Å². The molecule has 1 aromatic rings. The van der Waals surface area contributed by atoms with Crippen LogP contribution in [-0.2, 0) is 14.4 Å². The van der Waals surface area contributed by atoms with Crippen LogP contribution in [0.15, 0.2) is 29.4 Å². The number of allylic oxidation sites excluding steroid dienone is 2. The van der Waals surface area contributed by atoms with E-state index in [-0.39, 0.29) is 41.5 Å². The minimum absolute atomic E-state index is 0.173. The van der Waals surface area contributed by atoms with Crippen molar-refractivity contribution in [2.45, 2.75) is 13.3 Å². The van der Waals surface area contributed by atoms with Crippen LogP contribution in [0.25, 0.3) is 0 Å². The Morgan fingerprint density at radius 1 is 1.15 bits per heavy atom. The number of imide groups is 1. The van der Waals surface area contributed by atoms with Crippen molar-refractivity contribution in [1.29, 1.82) is 0 Å². The Balaban J connectivity index is 1.57. The number of benzene rings is 1. The van der Waals surface area contributed by atoms with Crippen molar-refractivity contribution >= 4 is 69.2 Å². The smallest absolute Gasteiger partial charge is 0.308 e. The molecule has 1 heterocycles.